The van der Waals surface area contributed by atoms with Gasteiger partial charge in [0.2, 0.25) is 10.0 Å². The summed E-state index contributed by atoms with van der Waals surface area (Å²) in [6.07, 6.45) is 0. The van der Waals surface area contributed by atoms with Crippen molar-refractivity contribution in [2.75, 3.05) is 0 Å². The Bertz CT molecular complexity index is 999. The molecule has 2 aromatic rings. The largest absolute Gasteiger partial charge is 0.269 e. The molecule has 0 bridgehead atoms. The van der Waals surface area contributed by atoms with Crippen molar-refractivity contribution in [3.8, 4) is 0 Å². The number of fused-ring (bicyclic) bond motifs is 1. The molecule has 0 saturated carbocycles. The third-order valence-electron chi connectivity index (χ3n) is 3.48. The van der Waals surface area contributed by atoms with Crippen LogP contribution < -0.4 is 5.14 Å². The van der Waals surface area contributed by atoms with Gasteiger partial charge in [0, 0.05) is 0 Å². The second-order valence-electron chi connectivity index (χ2n) is 5.01. The van der Waals surface area contributed by atoms with Gasteiger partial charge in [-0.3, -0.25) is 4.79 Å². The lowest BCUT2D eigenvalue weighted by atomic mass is 10.2. The van der Waals surface area contributed by atoms with E-state index < -0.39 is 26.0 Å². The van der Waals surface area contributed by atoms with E-state index in [0.29, 0.717) is 5.56 Å². The van der Waals surface area contributed by atoms with Crippen molar-refractivity contribution < 1.29 is 21.6 Å². The highest BCUT2D eigenvalue weighted by Gasteiger charge is 2.41. The Morgan fingerprint density at radius 2 is 1.70 bits per heavy atom. The van der Waals surface area contributed by atoms with E-state index in [-0.39, 0.29) is 21.9 Å². The molecule has 0 aliphatic carbocycles. The van der Waals surface area contributed by atoms with Crippen LogP contribution in [0.5, 0.6) is 0 Å². The van der Waals surface area contributed by atoms with Gasteiger partial charge in [-0.1, -0.05) is 30.3 Å². The Labute approximate surface area is 133 Å². The Hall–Kier alpha value is -2.23. The first-order chi connectivity index (χ1) is 10.7. The van der Waals surface area contributed by atoms with Gasteiger partial charge in [-0.25, -0.2) is 26.3 Å². The number of primary sulfonamides is 1. The molecule has 2 N–H and O–H groups in total. The van der Waals surface area contributed by atoms with Gasteiger partial charge >= 0.3 is 0 Å². The number of amides is 1. The minimum atomic E-state index is -4.11. The number of nitrogens with zero attached hydrogens (tertiary/aromatic N) is 1. The van der Waals surface area contributed by atoms with E-state index in [1.807, 2.05) is 0 Å². The lowest BCUT2D eigenvalue weighted by molar-refractivity contribution is 0.0865. The molecular weight excluding hydrogens is 340 g/mol. The van der Waals surface area contributed by atoms with Crippen molar-refractivity contribution in [2.24, 2.45) is 5.14 Å². The predicted octanol–water partition coefficient (Wildman–Crippen LogP) is 0.679. The highest BCUT2D eigenvalue weighted by atomic mass is 32.2. The minimum Gasteiger partial charge on any atom is -0.268 e. The topological polar surface area (TPSA) is 115 Å². The van der Waals surface area contributed by atoms with E-state index in [1.54, 1.807) is 30.3 Å². The van der Waals surface area contributed by atoms with E-state index >= 15 is 0 Å². The zero-order valence-electron chi connectivity index (χ0n) is 11.7. The second kappa shape index (κ2) is 5.15. The molecule has 0 fully saturated rings. The van der Waals surface area contributed by atoms with Crippen LogP contribution in [-0.4, -0.2) is 27.0 Å². The summed E-state index contributed by atoms with van der Waals surface area (Å²) in [5.41, 5.74) is 0.581. The highest BCUT2D eigenvalue weighted by molar-refractivity contribution is 7.90. The van der Waals surface area contributed by atoms with E-state index in [9.17, 15) is 21.6 Å². The Morgan fingerprint density at radius 1 is 1.04 bits per heavy atom. The SMILES string of the molecule is NS(=O)(=O)c1ccc2c(c1)S(=O)(=O)N(Cc1ccccc1)C2=O. The molecule has 2 aromatic carbocycles. The predicted molar refractivity (Wildman–Crippen MR) is 81.3 cm³/mol. The fourth-order valence-electron chi connectivity index (χ4n) is 2.34. The average Bonchev–Trinajstić information content (AvgIpc) is 2.68. The van der Waals surface area contributed by atoms with Crippen molar-refractivity contribution in [1.29, 1.82) is 0 Å². The monoisotopic (exact) mass is 352 g/mol. The molecule has 1 heterocycles. The quantitative estimate of drug-likeness (QED) is 0.872. The molecule has 0 spiro atoms. The van der Waals surface area contributed by atoms with Crippen LogP contribution in [0.4, 0.5) is 0 Å². The molecule has 0 radical (unpaired) electrons. The molecule has 120 valence electrons. The van der Waals surface area contributed by atoms with Gasteiger partial charge in [0.1, 0.15) is 4.90 Å². The summed E-state index contributed by atoms with van der Waals surface area (Å²) in [6.45, 7) is -0.124. The van der Waals surface area contributed by atoms with Crippen LogP contribution in [0.25, 0.3) is 0 Å². The molecule has 0 aromatic heterocycles. The van der Waals surface area contributed by atoms with Crippen molar-refractivity contribution >= 4 is 26.0 Å². The summed E-state index contributed by atoms with van der Waals surface area (Å²) >= 11 is 0. The van der Waals surface area contributed by atoms with Crippen molar-refractivity contribution in [3.63, 3.8) is 0 Å². The zero-order valence-corrected chi connectivity index (χ0v) is 13.3. The number of benzene rings is 2. The van der Waals surface area contributed by atoms with Crippen molar-refractivity contribution in [3.05, 3.63) is 59.7 Å². The summed E-state index contributed by atoms with van der Waals surface area (Å²) in [4.78, 5) is 11.6. The van der Waals surface area contributed by atoms with Crippen LogP contribution in [0.3, 0.4) is 0 Å². The van der Waals surface area contributed by atoms with Gasteiger partial charge in [0.05, 0.1) is 17.0 Å². The maximum absolute atomic E-state index is 12.5. The van der Waals surface area contributed by atoms with E-state index in [0.717, 1.165) is 16.4 Å². The molecular formula is C14H12N2O5S2. The fraction of sp³-hybridized carbons (Fsp3) is 0.0714. The fourth-order valence-corrected chi connectivity index (χ4v) is 4.53. The van der Waals surface area contributed by atoms with Gasteiger partial charge in [0.25, 0.3) is 15.9 Å². The molecule has 23 heavy (non-hydrogen) atoms. The number of rotatable bonds is 3. The van der Waals surface area contributed by atoms with Gasteiger partial charge < -0.3 is 0 Å². The summed E-state index contributed by atoms with van der Waals surface area (Å²) in [5.74, 6) is -0.690. The van der Waals surface area contributed by atoms with Gasteiger partial charge in [0.15, 0.2) is 0 Å². The van der Waals surface area contributed by atoms with E-state index in [2.05, 4.69) is 0 Å². The van der Waals surface area contributed by atoms with Gasteiger partial charge in [-0.15, -0.1) is 0 Å². The molecule has 1 aliphatic rings. The number of hydrogen-bond donors (Lipinski definition) is 1. The molecule has 9 heteroatoms. The minimum absolute atomic E-state index is 0.0617. The first kappa shape index (κ1) is 15.7. The normalized spacial score (nSPS) is 16.4. The van der Waals surface area contributed by atoms with Crippen LogP contribution >= 0.6 is 0 Å². The molecule has 7 nitrogen and oxygen atoms in total. The zero-order chi connectivity index (χ0) is 16.8. The molecule has 3 rings (SSSR count). The molecule has 0 atom stereocenters. The van der Waals surface area contributed by atoms with Gasteiger partial charge in [-0.05, 0) is 23.8 Å². The maximum atomic E-state index is 12.5. The smallest absolute Gasteiger partial charge is 0.268 e. The standard InChI is InChI=1S/C14H12N2O5S2/c15-22(18,19)11-6-7-12-13(8-11)23(20,21)16(14(12)17)9-10-4-2-1-3-5-10/h1-8H,9H2,(H2,15,18,19). The lowest BCUT2D eigenvalue weighted by Gasteiger charge is -2.14. The van der Waals surface area contributed by atoms with E-state index in [1.165, 1.54) is 6.07 Å². The summed E-state index contributed by atoms with van der Waals surface area (Å²) < 4.78 is 48.6. The van der Waals surface area contributed by atoms with Crippen LogP contribution in [0.2, 0.25) is 0 Å². The number of hydrogen-bond acceptors (Lipinski definition) is 5. The summed E-state index contributed by atoms with van der Waals surface area (Å²) in [5, 5.41) is 5.01. The first-order valence-corrected chi connectivity index (χ1v) is 9.48. The van der Waals surface area contributed by atoms with Crippen molar-refractivity contribution in [1.82, 2.24) is 4.31 Å². The molecule has 1 aliphatic heterocycles. The number of nitrogens with two attached hydrogens (primary N) is 1. The van der Waals surface area contributed by atoms with Crippen LogP contribution in [0, 0.1) is 0 Å². The number of carbonyl (C=O) groups is 1. The van der Waals surface area contributed by atoms with Crippen LogP contribution in [0.1, 0.15) is 15.9 Å². The summed E-state index contributed by atoms with van der Waals surface area (Å²) in [6, 6.07) is 11.8. The second-order valence-corrected chi connectivity index (χ2v) is 8.40. The summed E-state index contributed by atoms with van der Waals surface area (Å²) in [7, 11) is -8.18. The highest BCUT2D eigenvalue weighted by Crippen LogP contribution is 2.33. The van der Waals surface area contributed by atoms with Crippen molar-refractivity contribution in [2.45, 2.75) is 16.3 Å². The van der Waals surface area contributed by atoms with Gasteiger partial charge in [-0.2, -0.15) is 0 Å². The maximum Gasteiger partial charge on any atom is 0.269 e. The average molecular weight is 352 g/mol. The third kappa shape index (κ3) is 2.62. The molecule has 0 unspecified atom stereocenters. The molecule has 0 saturated heterocycles. The van der Waals surface area contributed by atoms with Crippen LogP contribution in [0.15, 0.2) is 58.3 Å². The van der Waals surface area contributed by atoms with E-state index in [4.69, 9.17) is 5.14 Å². The lowest BCUT2D eigenvalue weighted by Crippen LogP contribution is -2.29. The Morgan fingerprint density at radius 3 is 2.30 bits per heavy atom. The Balaban J connectivity index is 2.09. The number of sulfonamides is 2. The van der Waals surface area contributed by atoms with Crippen LogP contribution in [-0.2, 0) is 26.6 Å². The number of carbonyl (C=O) groups excluding carboxylic acids is 1. The molecule has 1 amide bonds. The Kier molecular flexibility index (Phi) is 3.51. The third-order valence-corrected chi connectivity index (χ3v) is 6.16. The first-order valence-electron chi connectivity index (χ1n) is 6.49.